The summed E-state index contributed by atoms with van der Waals surface area (Å²) in [4.78, 5) is 22.9. The fourth-order valence-electron chi connectivity index (χ4n) is 2.51. The molecule has 0 aliphatic rings. The molecule has 0 amide bonds. The van der Waals surface area contributed by atoms with Crippen LogP contribution < -0.4 is 10.9 Å². The highest BCUT2D eigenvalue weighted by molar-refractivity contribution is 7.90. The zero-order chi connectivity index (χ0) is 21.2. The maximum absolute atomic E-state index is 12.5. The SMILES string of the molecule is CS(=O)(=O)c1ccc(CNc2cnn(-c3ccc([N+](=O)[O-])cc3)c(=O)c2Cl)cc1. The first kappa shape index (κ1) is 20.5. The zero-order valence-corrected chi connectivity index (χ0v) is 16.6. The first-order chi connectivity index (χ1) is 13.7. The van der Waals surface area contributed by atoms with Crippen LogP contribution in [0.3, 0.4) is 0 Å². The highest BCUT2D eigenvalue weighted by Gasteiger charge is 2.12. The minimum absolute atomic E-state index is 0.0916. The van der Waals surface area contributed by atoms with Gasteiger partial charge in [-0.3, -0.25) is 14.9 Å². The number of halogens is 1. The summed E-state index contributed by atoms with van der Waals surface area (Å²) in [5.41, 5.74) is 0.742. The zero-order valence-electron chi connectivity index (χ0n) is 15.1. The monoisotopic (exact) mass is 434 g/mol. The molecule has 0 atom stereocenters. The minimum Gasteiger partial charge on any atom is -0.378 e. The molecule has 0 aliphatic carbocycles. The molecule has 0 radical (unpaired) electrons. The Morgan fingerprint density at radius 2 is 1.76 bits per heavy atom. The molecule has 29 heavy (non-hydrogen) atoms. The van der Waals surface area contributed by atoms with Crippen molar-refractivity contribution in [1.82, 2.24) is 9.78 Å². The number of non-ortho nitro benzene ring substituents is 1. The molecule has 9 nitrogen and oxygen atoms in total. The fourth-order valence-corrected chi connectivity index (χ4v) is 3.33. The third kappa shape index (κ3) is 4.61. The van der Waals surface area contributed by atoms with E-state index in [1.165, 1.54) is 42.6 Å². The molecule has 1 heterocycles. The number of rotatable bonds is 6. The minimum atomic E-state index is -3.27. The molecule has 3 rings (SSSR count). The van der Waals surface area contributed by atoms with Crippen LogP contribution in [0, 0.1) is 10.1 Å². The predicted molar refractivity (Wildman–Crippen MR) is 108 cm³/mol. The number of hydrogen-bond acceptors (Lipinski definition) is 7. The van der Waals surface area contributed by atoms with Gasteiger partial charge in [0.15, 0.2) is 9.84 Å². The Morgan fingerprint density at radius 3 is 2.31 bits per heavy atom. The van der Waals surface area contributed by atoms with Crippen molar-refractivity contribution in [2.75, 3.05) is 11.6 Å². The van der Waals surface area contributed by atoms with Crippen LogP contribution in [0.5, 0.6) is 0 Å². The highest BCUT2D eigenvalue weighted by Crippen LogP contribution is 2.19. The molecule has 2 aromatic carbocycles. The number of nitro benzene ring substituents is 1. The summed E-state index contributed by atoms with van der Waals surface area (Å²) in [6.07, 6.45) is 2.50. The maximum atomic E-state index is 12.5. The van der Waals surface area contributed by atoms with E-state index in [0.717, 1.165) is 16.5 Å². The lowest BCUT2D eigenvalue weighted by molar-refractivity contribution is -0.384. The van der Waals surface area contributed by atoms with Gasteiger partial charge in [0, 0.05) is 24.9 Å². The largest absolute Gasteiger partial charge is 0.378 e. The lowest BCUT2D eigenvalue weighted by atomic mass is 10.2. The van der Waals surface area contributed by atoms with Crippen LogP contribution in [-0.2, 0) is 16.4 Å². The Labute approximate surface area is 170 Å². The Hall–Kier alpha value is -3.24. The summed E-state index contributed by atoms with van der Waals surface area (Å²) in [5, 5.41) is 17.7. The van der Waals surface area contributed by atoms with Crippen LogP contribution in [0.4, 0.5) is 11.4 Å². The summed E-state index contributed by atoms with van der Waals surface area (Å²) in [5.74, 6) is 0. The van der Waals surface area contributed by atoms with Gasteiger partial charge in [-0.2, -0.15) is 9.78 Å². The summed E-state index contributed by atoms with van der Waals surface area (Å²) in [7, 11) is -3.27. The van der Waals surface area contributed by atoms with Crippen molar-refractivity contribution in [3.63, 3.8) is 0 Å². The number of nitrogens with zero attached hydrogens (tertiary/aromatic N) is 3. The molecule has 0 saturated heterocycles. The number of benzene rings is 2. The van der Waals surface area contributed by atoms with Crippen molar-refractivity contribution < 1.29 is 13.3 Å². The smallest absolute Gasteiger partial charge is 0.292 e. The molecule has 0 saturated carbocycles. The summed E-state index contributed by atoms with van der Waals surface area (Å²) in [6, 6.07) is 11.6. The fraction of sp³-hybridized carbons (Fsp3) is 0.111. The molecule has 0 unspecified atom stereocenters. The van der Waals surface area contributed by atoms with Crippen LogP contribution in [0.25, 0.3) is 5.69 Å². The van der Waals surface area contributed by atoms with Crippen LogP contribution in [-0.4, -0.2) is 29.4 Å². The summed E-state index contributed by atoms with van der Waals surface area (Å²) >= 11 is 6.16. The van der Waals surface area contributed by atoms with E-state index < -0.39 is 20.3 Å². The average Bonchev–Trinajstić information content (AvgIpc) is 2.69. The van der Waals surface area contributed by atoms with Crippen molar-refractivity contribution in [1.29, 1.82) is 0 Å². The Morgan fingerprint density at radius 1 is 1.14 bits per heavy atom. The van der Waals surface area contributed by atoms with Crippen molar-refractivity contribution in [2.24, 2.45) is 0 Å². The second-order valence-electron chi connectivity index (χ2n) is 6.13. The van der Waals surface area contributed by atoms with E-state index in [0.29, 0.717) is 17.9 Å². The second kappa shape index (κ2) is 8.02. The number of hydrogen-bond donors (Lipinski definition) is 1. The lowest BCUT2D eigenvalue weighted by Gasteiger charge is -2.10. The van der Waals surface area contributed by atoms with E-state index in [-0.39, 0.29) is 15.6 Å². The number of nitro groups is 1. The second-order valence-corrected chi connectivity index (χ2v) is 8.53. The normalized spacial score (nSPS) is 11.2. The highest BCUT2D eigenvalue weighted by atomic mass is 35.5. The molecule has 1 aromatic heterocycles. The average molecular weight is 435 g/mol. The van der Waals surface area contributed by atoms with Gasteiger partial charge in [-0.15, -0.1) is 0 Å². The van der Waals surface area contributed by atoms with E-state index >= 15 is 0 Å². The van der Waals surface area contributed by atoms with Crippen molar-refractivity contribution in [2.45, 2.75) is 11.4 Å². The molecular weight excluding hydrogens is 420 g/mol. The number of nitrogens with one attached hydrogen (secondary N) is 1. The Bertz CT molecular complexity index is 1220. The van der Waals surface area contributed by atoms with Gasteiger partial charge in [-0.1, -0.05) is 23.7 Å². The van der Waals surface area contributed by atoms with E-state index in [1.54, 1.807) is 12.1 Å². The molecular formula is C18H15ClN4O5S. The van der Waals surface area contributed by atoms with E-state index in [9.17, 15) is 23.3 Å². The quantitative estimate of drug-likeness (QED) is 0.467. The molecule has 1 N–H and O–H groups in total. The van der Waals surface area contributed by atoms with Crippen LogP contribution in [0.1, 0.15) is 5.56 Å². The predicted octanol–water partition coefficient (Wildman–Crippen LogP) is 2.81. The number of sulfone groups is 1. The molecule has 0 aliphatic heterocycles. The van der Waals surface area contributed by atoms with E-state index in [1.807, 2.05) is 0 Å². The first-order valence-corrected chi connectivity index (χ1v) is 10.5. The van der Waals surface area contributed by atoms with Crippen LogP contribution in [0.2, 0.25) is 5.02 Å². The van der Waals surface area contributed by atoms with E-state index in [2.05, 4.69) is 10.4 Å². The standard InChI is InChI=1S/C18H15ClN4O5S/c1-29(27,28)15-8-2-12(3-9-15)10-20-16-11-21-22(18(24)17(16)19)13-4-6-14(7-5-13)23(25)26/h2-9,11,20H,10H2,1H3. The third-order valence-electron chi connectivity index (χ3n) is 4.06. The molecule has 150 valence electrons. The van der Waals surface area contributed by atoms with Crippen LogP contribution in [0.15, 0.2) is 64.4 Å². The molecule has 0 fully saturated rings. The number of aromatic nitrogens is 2. The van der Waals surface area contributed by atoms with Crippen LogP contribution >= 0.6 is 11.6 Å². The van der Waals surface area contributed by atoms with Gasteiger partial charge in [0.05, 0.1) is 27.4 Å². The molecule has 0 bridgehead atoms. The van der Waals surface area contributed by atoms with Gasteiger partial charge < -0.3 is 5.32 Å². The van der Waals surface area contributed by atoms with Gasteiger partial charge >= 0.3 is 0 Å². The first-order valence-electron chi connectivity index (χ1n) is 8.22. The van der Waals surface area contributed by atoms with Gasteiger partial charge in [0.1, 0.15) is 5.02 Å². The topological polar surface area (TPSA) is 124 Å². The van der Waals surface area contributed by atoms with E-state index in [4.69, 9.17) is 11.6 Å². The van der Waals surface area contributed by atoms with Gasteiger partial charge in [-0.05, 0) is 29.8 Å². The number of anilines is 1. The van der Waals surface area contributed by atoms with Gasteiger partial charge in [-0.25, -0.2) is 8.42 Å². The third-order valence-corrected chi connectivity index (χ3v) is 5.55. The van der Waals surface area contributed by atoms with Crippen molar-refractivity contribution >= 4 is 32.8 Å². The van der Waals surface area contributed by atoms with Crippen molar-refractivity contribution in [3.8, 4) is 5.69 Å². The summed E-state index contributed by atoms with van der Waals surface area (Å²) in [6.45, 7) is 0.298. The molecule has 0 spiro atoms. The van der Waals surface area contributed by atoms with Gasteiger partial charge in [0.25, 0.3) is 11.2 Å². The molecule has 3 aromatic rings. The lowest BCUT2D eigenvalue weighted by Crippen LogP contribution is -2.22. The Kier molecular flexibility index (Phi) is 5.66. The Balaban J connectivity index is 1.79. The maximum Gasteiger partial charge on any atom is 0.292 e. The van der Waals surface area contributed by atoms with Crippen molar-refractivity contribution in [3.05, 3.63) is 85.8 Å². The van der Waals surface area contributed by atoms with Gasteiger partial charge in [0.2, 0.25) is 0 Å². The summed E-state index contributed by atoms with van der Waals surface area (Å²) < 4.78 is 24.0. The molecule has 11 heteroatoms.